The smallest absolute Gasteiger partial charge is 0.326 e. The van der Waals surface area contributed by atoms with E-state index >= 15 is 0 Å². The summed E-state index contributed by atoms with van der Waals surface area (Å²) < 4.78 is 0. The summed E-state index contributed by atoms with van der Waals surface area (Å²) in [5.41, 5.74) is 0.931. The number of carbonyl (C=O) groups excluding carboxylic acids is 2. The molecule has 0 aliphatic heterocycles. The van der Waals surface area contributed by atoms with E-state index < -0.39 is 54.5 Å². The van der Waals surface area contributed by atoms with Gasteiger partial charge in [0.25, 0.3) is 5.91 Å². The molecule has 4 aliphatic rings. The van der Waals surface area contributed by atoms with Crippen LogP contribution in [0.2, 0.25) is 0 Å². The molecule has 0 aromatic carbocycles. The molecule has 11 nitrogen and oxygen atoms in total. The fourth-order valence-electron chi connectivity index (χ4n) is 8.61. The number of aliphatic carboxylic acids is 2. The van der Waals surface area contributed by atoms with Gasteiger partial charge in [0.1, 0.15) is 17.7 Å². The van der Waals surface area contributed by atoms with Crippen LogP contribution in [-0.2, 0) is 24.0 Å². The van der Waals surface area contributed by atoms with E-state index in [9.17, 15) is 29.4 Å². The third-order valence-electron chi connectivity index (χ3n) is 11.3. The van der Waals surface area contributed by atoms with E-state index in [0.29, 0.717) is 30.6 Å². The van der Waals surface area contributed by atoms with E-state index in [2.05, 4.69) is 41.6 Å². The van der Waals surface area contributed by atoms with E-state index in [1.54, 1.807) is 13.8 Å². The Kier molecular flexibility index (Phi) is 9.84. The minimum atomic E-state index is -1.39. The van der Waals surface area contributed by atoms with Crippen molar-refractivity contribution in [2.45, 2.75) is 110 Å². The number of aliphatic hydroxyl groups is 1. The minimum Gasteiger partial charge on any atom is -0.481 e. The number of oxime groups is 1. The van der Waals surface area contributed by atoms with Crippen molar-refractivity contribution in [1.82, 2.24) is 10.6 Å². The van der Waals surface area contributed by atoms with Crippen molar-refractivity contribution in [3.05, 3.63) is 11.6 Å². The lowest BCUT2D eigenvalue weighted by atomic mass is 9.46. The Balaban J connectivity index is 1.34. The summed E-state index contributed by atoms with van der Waals surface area (Å²) in [6.45, 7) is 7.55. The number of terminal acetylenes is 1. The summed E-state index contributed by atoms with van der Waals surface area (Å²) in [6, 6.07) is -2.42. The number of carboxylic acid groups (broad SMARTS) is 2. The Morgan fingerprint density at radius 3 is 2.41 bits per heavy atom. The van der Waals surface area contributed by atoms with Gasteiger partial charge in [-0.25, -0.2) is 4.79 Å². The van der Waals surface area contributed by atoms with Crippen LogP contribution in [0.4, 0.5) is 0 Å². The molecule has 0 spiro atoms. The zero-order chi connectivity index (χ0) is 32.4. The van der Waals surface area contributed by atoms with Crippen LogP contribution in [0.3, 0.4) is 0 Å². The lowest BCUT2D eigenvalue weighted by Gasteiger charge is -2.58. The molecule has 4 rings (SSSR count). The number of nitrogens with zero attached hydrogens (tertiary/aromatic N) is 1. The molecule has 0 aromatic heterocycles. The van der Waals surface area contributed by atoms with Crippen molar-refractivity contribution in [3.8, 4) is 12.3 Å². The zero-order valence-electron chi connectivity index (χ0n) is 26.2. The highest BCUT2D eigenvalue weighted by Crippen LogP contribution is 2.67. The van der Waals surface area contributed by atoms with Crippen LogP contribution in [0.25, 0.3) is 0 Å². The molecule has 2 amide bonds. The zero-order valence-corrected chi connectivity index (χ0v) is 26.2. The molecule has 0 radical (unpaired) electrons. The van der Waals surface area contributed by atoms with Gasteiger partial charge < -0.3 is 30.8 Å². The van der Waals surface area contributed by atoms with Crippen molar-refractivity contribution in [2.75, 3.05) is 6.61 Å². The molecular formula is C33H47N3O8. The second-order valence-electron chi connectivity index (χ2n) is 14.0. The van der Waals surface area contributed by atoms with Gasteiger partial charge >= 0.3 is 11.9 Å². The predicted octanol–water partition coefficient (Wildman–Crippen LogP) is 3.26. The second-order valence-corrected chi connectivity index (χ2v) is 14.0. The number of rotatable bonds is 11. The Labute approximate surface area is 259 Å². The molecule has 3 fully saturated rings. The number of allylic oxidation sites excluding steroid dienone is 2. The van der Waals surface area contributed by atoms with E-state index in [1.165, 1.54) is 5.57 Å². The molecule has 0 aromatic rings. The third-order valence-corrected chi connectivity index (χ3v) is 11.3. The molecule has 11 heteroatoms. The van der Waals surface area contributed by atoms with Crippen LogP contribution >= 0.6 is 0 Å². The summed E-state index contributed by atoms with van der Waals surface area (Å²) >= 11 is 0. The molecule has 5 N–H and O–H groups in total. The van der Waals surface area contributed by atoms with Gasteiger partial charge in [-0.3, -0.25) is 14.4 Å². The molecule has 0 saturated heterocycles. The van der Waals surface area contributed by atoms with E-state index in [0.717, 1.165) is 44.2 Å². The average molecular weight is 614 g/mol. The Morgan fingerprint density at radius 2 is 1.77 bits per heavy atom. The Hall–Kier alpha value is -3.39. The highest BCUT2D eigenvalue weighted by molar-refractivity contribution is 5.96. The van der Waals surface area contributed by atoms with Gasteiger partial charge in [-0.15, -0.1) is 6.42 Å². The van der Waals surface area contributed by atoms with Gasteiger partial charge in [0.15, 0.2) is 6.61 Å². The molecule has 44 heavy (non-hydrogen) atoms. The van der Waals surface area contributed by atoms with E-state index in [4.69, 9.17) is 16.4 Å². The van der Waals surface area contributed by atoms with E-state index in [1.807, 2.05) is 0 Å². The number of fused-ring (bicyclic) bond motifs is 5. The second kappa shape index (κ2) is 12.9. The summed E-state index contributed by atoms with van der Waals surface area (Å²) in [5, 5.41) is 38.6. The maximum absolute atomic E-state index is 12.8. The average Bonchev–Trinajstić information content (AvgIpc) is 3.24. The molecule has 8 atom stereocenters. The molecule has 0 heterocycles. The van der Waals surface area contributed by atoms with Crippen LogP contribution in [0.5, 0.6) is 0 Å². The summed E-state index contributed by atoms with van der Waals surface area (Å²) in [5.74, 6) is 0.0444. The van der Waals surface area contributed by atoms with Crippen LogP contribution in [0.15, 0.2) is 16.8 Å². The standard InChI is InChI=1S/C33H47N3O8/c1-6-33(43)16-13-24-22-8-7-20-17-21(11-14-31(20,4)23(22)12-15-32(24,33)5)36-44-18-26(37)35-28(19(2)3)29(40)34-25(30(41)42)9-10-27(38)39/h1,17,19,22-25,28,43H,7-16,18H2,2-5H3,(H,34,40)(H,35,37)(H,38,39)(H,41,42)/b36-21+/t22-,23-,24-,25+,28+,31+,32+,33-/m1/s1. The normalized spacial score (nSPS) is 34.8. The number of nitrogens with one attached hydrogen (secondary N) is 2. The number of hydrogen-bond donors (Lipinski definition) is 5. The maximum Gasteiger partial charge on any atom is 0.326 e. The van der Waals surface area contributed by atoms with Crippen LogP contribution < -0.4 is 10.6 Å². The minimum absolute atomic E-state index is 0.0492. The van der Waals surface area contributed by atoms with Gasteiger partial charge in [-0.05, 0) is 93.0 Å². The molecular weight excluding hydrogens is 566 g/mol. The highest BCUT2D eigenvalue weighted by atomic mass is 16.6. The first-order chi connectivity index (χ1) is 20.6. The van der Waals surface area contributed by atoms with Crippen LogP contribution in [0, 0.1) is 46.8 Å². The molecule has 0 unspecified atom stereocenters. The van der Waals surface area contributed by atoms with Crippen molar-refractivity contribution >= 4 is 29.5 Å². The van der Waals surface area contributed by atoms with Gasteiger partial charge in [0.2, 0.25) is 5.91 Å². The number of carboxylic acids is 2. The lowest BCUT2D eigenvalue weighted by Crippen LogP contribution is -2.54. The lowest BCUT2D eigenvalue weighted by molar-refractivity contribution is -0.143. The van der Waals surface area contributed by atoms with Gasteiger partial charge in [-0.1, -0.05) is 44.3 Å². The highest BCUT2D eigenvalue weighted by Gasteiger charge is 2.63. The van der Waals surface area contributed by atoms with Gasteiger partial charge in [0.05, 0.1) is 5.71 Å². The number of hydrogen-bond acceptors (Lipinski definition) is 7. The maximum atomic E-state index is 12.8. The monoisotopic (exact) mass is 613 g/mol. The SMILES string of the molecule is C#C[C@@]1(O)CC[C@@H]2[C@@H]3CCC4=C/C(=N/OCC(=O)N[C@H](C(=O)N[C@@H](CCC(=O)O)C(=O)O)C(C)C)CC[C@]4(C)[C@@H]3CC[C@@]21C. The first kappa shape index (κ1) is 33.5. The quantitative estimate of drug-likeness (QED) is 0.174. The van der Waals surface area contributed by atoms with Crippen LogP contribution in [-0.4, -0.2) is 69.1 Å². The largest absolute Gasteiger partial charge is 0.481 e. The number of carbonyl (C=O) groups is 4. The fourth-order valence-corrected chi connectivity index (χ4v) is 8.61. The van der Waals surface area contributed by atoms with Crippen molar-refractivity contribution in [2.24, 2.45) is 39.7 Å². The molecule has 242 valence electrons. The van der Waals surface area contributed by atoms with Crippen LogP contribution in [0.1, 0.15) is 91.9 Å². The van der Waals surface area contributed by atoms with Gasteiger partial charge in [-0.2, -0.15) is 0 Å². The summed E-state index contributed by atoms with van der Waals surface area (Å²) in [7, 11) is 0. The molecule has 3 saturated carbocycles. The predicted molar refractivity (Wildman–Crippen MR) is 162 cm³/mol. The van der Waals surface area contributed by atoms with Gasteiger partial charge in [0, 0.05) is 11.8 Å². The van der Waals surface area contributed by atoms with E-state index in [-0.39, 0.29) is 23.2 Å². The molecule has 0 bridgehead atoms. The third kappa shape index (κ3) is 6.37. The first-order valence-electron chi connectivity index (χ1n) is 15.8. The molecule has 4 aliphatic carbocycles. The Bertz CT molecular complexity index is 1270. The summed E-state index contributed by atoms with van der Waals surface area (Å²) in [6.07, 6.45) is 14.5. The first-order valence-corrected chi connectivity index (χ1v) is 15.8. The number of amides is 2. The fraction of sp³-hybridized carbons (Fsp3) is 0.727. The Morgan fingerprint density at radius 1 is 1.07 bits per heavy atom. The van der Waals surface area contributed by atoms with Crippen molar-refractivity contribution in [3.63, 3.8) is 0 Å². The topological polar surface area (TPSA) is 175 Å². The van der Waals surface area contributed by atoms with Crippen molar-refractivity contribution in [1.29, 1.82) is 0 Å². The van der Waals surface area contributed by atoms with Crippen molar-refractivity contribution < 1.29 is 39.3 Å². The summed E-state index contributed by atoms with van der Waals surface area (Å²) in [4.78, 5) is 53.1.